The van der Waals surface area contributed by atoms with E-state index in [2.05, 4.69) is 5.92 Å². The first-order valence-electron chi connectivity index (χ1n) is 6.52. The predicted molar refractivity (Wildman–Crippen MR) is 66.3 cm³/mol. The molecule has 16 heavy (non-hydrogen) atoms. The van der Waals surface area contributed by atoms with Crippen molar-refractivity contribution in [2.75, 3.05) is 26.4 Å². The van der Waals surface area contributed by atoms with Crippen molar-refractivity contribution in [1.82, 2.24) is 0 Å². The van der Waals surface area contributed by atoms with Crippen LogP contribution in [0, 0.1) is 18.3 Å². The lowest BCUT2D eigenvalue weighted by molar-refractivity contribution is 0.0198. The lowest BCUT2D eigenvalue weighted by atomic mass is 10.0. The zero-order chi connectivity index (χ0) is 11.5. The molecule has 1 saturated heterocycles. The highest BCUT2D eigenvalue weighted by molar-refractivity contribution is 4.82. The van der Waals surface area contributed by atoms with Crippen molar-refractivity contribution in [2.45, 2.75) is 44.9 Å². The van der Waals surface area contributed by atoms with Crippen LogP contribution in [0.15, 0.2) is 0 Å². The van der Waals surface area contributed by atoms with Gasteiger partial charge in [0.1, 0.15) is 0 Å². The van der Waals surface area contributed by atoms with E-state index in [1.54, 1.807) is 0 Å². The molecule has 0 saturated carbocycles. The summed E-state index contributed by atoms with van der Waals surface area (Å²) in [6, 6.07) is 0. The monoisotopic (exact) mass is 224 g/mol. The van der Waals surface area contributed by atoms with Crippen LogP contribution < -0.4 is 0 Å². The minimum absolute atomic E-state index is 0.732. The van der Waals surface area contributed by atoms with Crippen LogP contribution >= 0.6 is 0 Å². The van der Waals surface area contributed by atoms with E-state index in [1.165, 1.54) is 32.1 Å². The normalized spacial score (nSPS) is 17.2. The molecule has 0 amide bonds. The van der Waals surface area contributed by atoms with E-state index in [9.17, 15) is 0 Å². The molecule has 0 spiro atoms. The Hall–Kier alpha value is -0.520. The highest BCUT2D eigenvalue weighted by Gasteiger charge is 2.13. The predicted octanol–water partition coefficient (Wildman–Crippen LogP) is 3.01. The summed E-state index contributed by atoms with van der Waals surface area (Å²) in [7, 11) is 0. The van der Waals surface area contributed by atoms with Crippen LogP contribution in [0.5, 0.6) is 0 Å². The maximum atomic E-state index is 5.68. The molecule has 92 valence electrons. The summed E-state index contributed by atoms with van der Waals surface area (Å²) >= 11 is 0. The second kappa shape index (κ2) is 9.69. The van der Waals surface area contributed by atoms with Crippen LogP contribution in [0.4, 0.5) is 0 Å². The molecule has 0 aliphatic carbocycles. The summed E-state index contributed by atoms with van der Waals surface area (Å²) in [6.45, 7) is 3.67. The molecule has 0 aromatic heterocycles. The first-order valence-corrected chi connectivity index (χ1v) is 6.52. The molecule has 2 heteroatoms. The van der Waals surface area contributed by atoms with Crippen molar-refractivity contribution in [2.24, 2.45) is 5.92 Å². The second-order valence-electron chi connectivity index (χ2n) is 4.50. The van der Waals surface area contributed by atoms with Gasteiger partial charge in [-0.25, -0.2) is 0 Å². The molecular formula is C14H24O2. The summed E-state index contributed by atoms with van der Waals surface area (Å²) in [4.78, 5) is 0. The minimum Gasteiger partial charge on any atom is -0.381 e. The molecule has 2 nitrogen and oxygen atoms in total. The summed E-state index contributed by atoms with van der Waals surface area (Å²) in [5.41, 5.74) is 0. The summed E-state index contributed by atoms with van der Waals surface area (Å²) in [6.07, 6.45) is 13.3. The number of rotatable bonds is 8. The molecule has 0 radical (unpaired) electrons. The Labute approximate surface area is 99.7 Å². The summed E-state index contributed by atoms with van der Waals surface area (Å²) in [5.74, 6) is 3.40. The van der Waals surface area contributed by atoms with Gasteiger partial charge < -0.3 is 9.47 Å². The third-order valence-corrected chi connectivity index (χ3v) is 3.05. The largest absolute Gasteiger partial charge is 0.381 e. The van der Waals surface area contributed by atoms with E-state index in [0.717, 1.165) is 45.2 Å². The van der Waals surface area contributed by atoms with Crippen molar-refractivity contribution >= 4 is 0 Å². The Morgan fingerprint density at radius 3 is 2.62 bits per heavy atom. The van der Waals surface area contributed by atoms with E-state index in [4.69, 9.17) is 15.9 Å². The molecule has 1 aliphatic heterocycles. The highest BCUT2D eigenvalue weighted by Crippen LogP contribution is 2.14. The number of unbranched alkanes of at least 4 members (excludes halogenated alkanes) is 4. The average molecular weight is 224 g/mol. The van der Waals surface area contributed by atoms with Gasteiger partial charge in [0.25, 0.3) is 0 Å². The fourth-order valence-corrected chi connectivity index (χ4v) is 1.95. The molecule has 1 aliphatic rings. The number of hydrogen-bond acceptors (Lipinski definition) is 2. The van der Waals surface area contributed by atoms with Crippen molar-refractivity contribution < 1.29 is 9.47 Å². The molecule has 1 heterocycles. The third-order valence-electron chi connectivity index (χ3n) is 3.05. The van der Waals surface area contributed by atoms with Gasteiger partial charge in [0, 0.05) is 32.8 Å². The smallest absolute Gasteiger partial charge is 0.0495 e. The van der Waals surface area contributed by atoms with Gasteiger partial charge in [0.05, 0.1) is 0 Å². The topological polar surface area (TPSA) is 18.5 Å². The second-order valence-corrected chi connectivity index (χ2v) is 4.50. The first kappa shape index (κ1) is 13.5. The van der Waals surface area contributed by atoms with Gasteiger partial charge in [-0.15, -0.1) is 12.3 Å². The summed E-state index contributed by atoms with van der Waals surface area (Å²) < 4.78 is 11.0. The van der Waals surface area contributed by atoms with Gasteiger partial charge >= 0.3 is 0 Å². The molecule has 0 aromatic rings. The summed E-state index contributed by atoms with van der Waals surface area (Å²) in [5, 5.41) is 0. The lowest BCUT2D eigenvalue weighted by Gasteiger charge is -2.21. The maximum Gasteiger partial charge on any atom is 0.0495 e. The Kier molecular flexibility index (Phi) is 8.20. The molecule has 0 bridgehead atoms. The quantitative estimate of drug-likeness (QED) is 0.466. The number of ether oxygens (including phenoxy) is 2. The Morgan fingerprint density at radius 2 is 1.88 bits per heavy atom. The van der Waals surface area contributed by atoms with Gasteiger partial charge in [-0.2, -0.15) is 0 Å². The van der Waals surface area contributed by atoms with Crippen molar-refractivity contribution in [3.05, 3.63) is 0 Å². The molecular weight excluding hydrogens is 200 g/mol. The number of hydrogen-bond donors (Lipinski definition) is 0. The van der Waals surface area contributed by atoms with Crippen LogP contribution in [0.3, 0.4) is 0 Å². The van der Waals surface area contributed by atoms with Crippen molar-refractivity contribution in [1.29, 1.82) is 0 Å². The third kappa shape index (κ3) is 6.87. The van der Waals surface area contributed by atoms with Crippen LogP contribution in [-0.2, 0) is 9.47 Å². The minimum atomic E-state index is 0.732. The average Bonchev–Trinajstić information content (AvgIpc) is 2.34. The molecule has 1 rings (SSSR count). The van der Waals surface area contributed by atoms with Gasteiger partial charge in [-0.05, 0) is 31.6 Å². The maximum absolute atomic E-state index is 5.68. The fourth-order valence-electron chi connectivity index (χ4n) is 1.95. The Balaban J connectivity index is 1.79. The van der Waals surface area contributed by atoms with E-state index < -0.39 is 0 Å². The van der Waals surface area contributed by atoms with Crippen LogP contribution in [0.1, 0.15) is 44.9 Å². The van der Waals surface area contributed by atoms with Crippen LogP contribution in [0.25, 0.3) is 0 Å². The molecule has 0 atom stereocenters. The van der Waals surface area contributed by atoms with Crippen molar-refractivity contribution in [3.63, 3.8) is 0 Å². The van der Waals surface area contributed by atoms with E-state index in [0.29, 0.717) is 0 Å². The standard InChI is InChI=1S/C14H24O2/c1-2-3-4-5-6-7-10-16-13-14-8-11-15-12-9-14/h1,14H,3-13H2. The van der Waals surface area contributed by atoms with Gasteiger partial charge in [-0.3, -0.25) is 0 Å². The fraction of sp³-hybridized carbons (Fsp3) is 0.857. The van der Waals surface area contributed by atoms with Crippen LogP contribution in [0.2, 0.25) is 0 Å². The Morgan fingerprint density at radius 1 is 1.12 bits per heavy atom. The van der Waals surface area contributed by atoms with Gasteiger partial charge in [0.2, 0.25) is 0 Å². The zero-order valence-electron chi connectivity index (χ0n) is 10.2. The van der Waals surface area contributed by atoms with E-state index in [-0.39, 0.29) is 0 Å². The lowest BCUT2D eigenvalue weighted by Crippen LogP contribution is -2.20. The molecule has 0 N–H and O–H groups in total. The SMILES string of the molecule is C#CCCCCCCOCC1CCOCC1. The van der Waals surface area contributed by atoms with Crippen molar-refractivity contribution in [3.8, 4) is 12.3 Å². The van der Waals surface area contributed by atoms with Gasteiger partial charge in [0.15, 0.2) is 0 Å². The zero-order valence-corrected chi connectivity index (χ0v) is 10.2. The van der Waals surface area contributed by atoms with Gasteiger partial charge in [-0.1, -0.05) is 12.8 Å². The van der Waals surface area contributed by atoms with E-state index >= 15 is 0 Å². The van der Waals surface area contributed by atoms with Crippen LogP contribution in [-0.4, -0.2) is 26.4 Å². The van der Waals surface area contributed by atoms with E-state index in [1.807, 2.05) is 0 Å². The highest BCUT2D eigenvalue weighted by atomic mass is 16.5. The number of terminal acetylenes is 1. The molecule has 1 fully saturated rings. The molecule has 0 unspecified atom stereocenters. The first-order chi connectivity index (χ1) is 7.93. The Bertz CT molecular complexity index is 189. The molecule has 0 aromatic carbocycles.